The molecule has 66 valence electrons. The molecule has 0 aromatic rings. The molecule has 0 heterocycles. The van der Waals surface area contributed by atoms with Crippen molar-refractivity contribution in [3.8, 4) is 0 Å². The molecule has 0 aromatic carbocycles. The molecule has 0 radical (unpaired) electrons. The minimum Gasteiger partial charge on any atom is -0.327 e. The van der Waals surface area contributed by atoms with Crippen LogP contribution in [-0.2, 0) is 0 Å². The van der Waals surface area contributed by atoms with Gasteiger partial charge >= 0.3 is 0 Å². The molecule has 1 nitrogen and oxygen atoms in total. The van der Waals surface area contributed by atoms with Crippen molar-refractivity contribution >= 4 is 11.8 Å². The van der Waals surface area contributed by atoms with Crippen LogP contribution in [0.15, 0.2) is 12.2 Å². The third-order valence-corrected chi connectivity index (χ3v) is 2.65. The molecule has 0 saturated heterocycles. The Bertz CT molecular complexity index is 112. The zero-order chi connectivity index (χ0) is 8.69. The second-order valence-electron chi connectivity index (χ2n) is 3.00. The van der Waals surface area contributed by atoms with Crippen LogP contribution in [0.3, 0.4) is 0 Å². The molecule has 11 heavy (non-hydrogen) atoms. The Morgan fingerprint density at radius 3 is 2.73 bits per heavy atom. The van der Waals surface area contributed by atoms with Crippen molar-refractivity contribution in [2.75, 3.05) is 11.5 Å². The van der Waals surface area contributed by atoms with Crippen molar-refractivity contribution in [1.29, 1.82) is 0 Å². The molecule has 0 spiro atoms. The van der Waals surface area contributed by atoms with Gasteiger partial charge in [0.25, 0.3) is 0 Å². The van der Waals surface area contributed by atoms with Crippen LogP contribution in [0, 0.1) is 0 Å². The fraction of sp³-hybridized carbons (Fsp3) is 0.778. The molecule has 2 heteroatoms. The standard InChI is InChI=1S/C9H19NS/c1-4-5-11-7-9(10)6-8(2)3/h9H,2,4-7,10H2,1,3H3. The minimum absolute atomic E-state index is 0.309. The van der Waals surface area contributed by atoms with Gasteiger partial charge in [0, 0.05) is 11.8 Å². The van der Waals surface area contributed by atoms with Gasteiger partial charge in [0.2, 0.25) is 0 Å². The average molecular weight is 173 g/mol. The Labute approximate surface area is 74.4 Å². The smallest absolute Gasteiger partial charge is 0.0167 e. The first-order valence-corrected chi connectivity index (χ1v) is 5.30. The third kappa shape index (κ3) is 7.95. The van der Waals surface area contributed by atoms with Crippen LogP contribution in [0.2, 0.25) is 0 Å². The van der Waals surface area contributed by atoms with Gasteiger partial charge in [0.15, 0.2) is 0 Å². The van der Waals surface area contributed by atoms with Gasteiger partial charge in [-0.2, -0.15) is 11.8 Å². The molecule has 0 amide bonds. The summed E-state index contributed by atoms with van der Waals surface area (Å²) in [6.45, 7) is 8.06. The fourth-order valence-corrected chi connectivity index (χ4v) is 1.76. The van der Waals surface area contributed by atoms with Crippen molar-refractivity contribution in [1.82, 2.24) is 0 Å². The van der Waals surface area contributed by atoms with E-state index in [0.29, 0.717) is 6.04 Å². The molecule has 0 aliphatic carbocycles. The maximum Gasteiger partial charge on any atom is 0.0167 e. The molecule has 1 atom stereocenters. The number of hydrogen-bond acceptors (Lipinski definition) is 2. The number of hydrogen-bond donors (Lipinski definition) is 1. The predicted octanol–water partition coefficient (Wildman–Crippen LogP) is 2.42. The molecule has 0 fully saturated rings. The van der Waals surface area contributed by atoms with Crippen molar-refractivity contribution < 1.29 is 0 Å². The SMILES string of the molecule is C=C(C)CC(N)CSCCC. The lowest BCUT2D eigenvalue weighted by Crippen LogP contribution is -2.23. The first-order valence-electron chi connectivity index (χ1n) is 4.14. The van der Waals surface area contributed by atoms with Gasteiger partial charge in [-0.1, -0.05) is 12.5 Å². The summed E-state index contributed by atoms with van der Waals surface area (Å²) in [5.74, 6) is 2.30. The van der Waals surface area contributed by atoms with Crippen molar-refractivity contribution in [3.05, 3.63) is 12.2 Å². The summed E-state index contributed by atoms with van der Waals surface area (Å²) in [5, 5.41) is 0. The number of thioether (sulfide) groups is 1. The molecule has 1 unspecified atom stereocenters. The first-order chi connectivity index (χ1) is 5.16. The van der Waals surface area contributed by atoms with E-state index in [1.165, 1.54) is 17.7 Å². The number of nitrogens with two attached hydrogens (primary N) is 1. The molecule has 0 aliphatic rings. The van der Waals surface area contributed by atoms with Crippen LogP contribution in [0.4, 0.5) is 0 Å². The molecule has 0 aliphatic heterocycles. The van der Waals surface area contributed by atoms with E-state index >= 15 is 0 Å². The van der Waals surface area contributed by atoms with Gasteiger partial charge in [-0.3, -0.25) is 0 Å². The summed E-state index contributed by atoms with van der Waals surface area (Å²) >= 11 is 1.94. The lowest BCUT2D eigenvalue weighted by atomic mass is 10.1. The Hall–Kier alpha value is 0.0500. The molecular weight excluding hydrogens is 154 g/mol. The molecule has 0 rings (SSSR count). The summed E-state index contributed by atoms with van der Waals surface area (Å²) < 4.78 is 0. The van der Waals surface area contributed by atoms with Crippen LogP contribution in [0.25, 0.3) is 0 Å². The summed E-state index contributed by atoms with van der Waals surface area (Å²) in [4.78, 5) is 0. The van der Waals surface area contributed by atoms with Gasteiger partial charge < -0.3 is 5.73 Å². The summed E-state index contributed by atoms with van der Waals surface area (Å²) in [7, 11) is 0. The van der Waals surface area contributed by atoms with Crippen LogP contribution >= 0.6 is 11.8 Å². The molecule has 2 N–H and O–H groups in total. The van der Waals surface area contributed by atoms with Crippen molar-refractivity contribution in [2.24, 2.45) is 5.73 Å². The van der Waals surface area contributed by atoms with Gasteiger partial charge in [0.05, 0.1) is 0 Å². The van der Waals surface area contributed by atoms with E-state index in [2.05, 4.69) is 13.5 Å². The minimum atomic E-state index is 0.309. The third-order valence-electron chi connectivity index (χ3n) is 1.29. The lowest BCUT2D eigenvalue weighted by molar-refractivity contribution is 0.743. The summed E-state index contributed by atoms with van der Waals surface area (Å²) in [5.41, 5.74) is 7.02. The Morgan fingerprint density at radius 1 is 1.64 bits per heavy atom. The molecule has 0 bridgehead atoms. The highest BCUT2D eigenvalue weighted by atomic mass is 32.2. The summed E-state index contributed by atoms with van der Waals surface area (Å²) in [6, 6.07) is 0.309. The maximum atomic E-state index is 5.83. The Morgan fingerprint density at radius 2 is 2.27 bits per heavy atom. The topological polar surface area (TPSA) is 26.0 Å². The van der Waals surface area contributed by atoms with Crippen LogP contribution in [0.1, 0.15) is 26.7 Å². The van der Waals surface area contributed by atoms with Gasteiger partial charge in [-0.05, 0) is 25.5 Å². The van der Waals surface area contributed by atoms with Gasteiger partial charge in [-0.15, -0.1) is 6.58 Å². The van der Waals surface area contributed by atoms with E-state index in [-0.39, 0.29) is 0 Å². The molecule has 0 saturated carbocycles. The highest BCUT2D eigenvalue weighted by molar-refractivity contribution is 7.99. The number of rotatable bonds is 6. The van der Waals surface area contributed by atoms with E-state index in [0.717, 1.165) is 12.2 Å². The highest BCUT2D eigenvalue weighted by Crippen LogP contribution is 2.08. The molecule has 0 aromatic heterocycles. The quantitative estimate of drug-likeness (QED) is 0.493. The second-order valence-corrected chi connectivity index (χ2v) is 4.15. The van der Waals surface area contributed by atoms with Crippen LogP contribution in [-0.4, -0.2) is 17.5 Å². The largest absolute Gasteiger partial charge is 0.327 e. The first kappa shape index (κ1) is 11.1. The van der Waals surface area contributed by atoms with Crippen LogP contribution in [0.5, 0.6) is 0 Å². The maximum absolute atomic E-state index is 5.83. The van der Waals surface area contributed by atoms with E-state index in [4.69, 9.17) is 5.73 Å². The Balaban J connectivity index is 3.22. The van der Waals surface area contributed by atoms with E-state index in [1.54, 1.807) is 0 Å². The summed E-state index contributed by atoms with van der Waals surface area (Å²) in [6.07, 6.45) is 2.21. The molecular formula is C9H19NS. The normalized spacial score (nSPS) is 13.0. The van der Waals surface area contributed by atoms with Gasteiger partial charge in [0.1, 0.15) is 0 Å². The van der Waals surface area contributed by atoms with E-state index < -0.39 is 0 Å². The van der Waals surface area contributed by atoms with E-state index in [9.17, 15) is 0 Å². The zero-order valence-corrected chi connectivity index (χ0v) is 8.41. The van der Waals surface area contributed by atoms with E-state index in [1.807, 2.05) is 18.7 Å². The zero-order valence-electron chi connectivity index (χ0n) is 7.60. The monoisotopic (exact) mass is 173 g/mol. The fourth-order valence-electron chi connectivity index (χ4n) is 0.886. The Kier molecular flexibility index (Phi) is 6.77. The van der Waals surface area contributed by atoms with Crippen LogP contribution < -0.4 is 5.73 Å². The highest BCUT2D eigenvalue weighted by Gasteiger charge is 2.01. The average Bonchev–Trinajstić information content (AvgIpc) is 1.86. The van der Waals surface area contributed by atoms with Gasteiger partial charge in [-0.25, -0.2) is 0 Å². The van der Waals surface area contributed by atoms with Crippen molar-refractivity contribution in [3.63, 3.8) is 0 Å². The lowest BCUT2D eigenvalue weighted by Gasteiger charge is -2.09. The second kappa shape index (κ2) is 6.74. The van der Waals surface area contributed by atoms with Crippen molar-refractivity contribution in [2.45, 2.75) is 32.7 Å². The predicted molar refractivity (Wildman–Crippen MR) is 55.0 cm³/mol.